The number of halogens is 2. The molecule has 0 bridgehead atoms. The highest BCUT2D eigenvalue weighted by molar-refractivity contribution is 6.37. The average molecular weight is 349 g/mol. The standard InChI is InChI=1S/C16H10Cl2N2O3/c17-11-6-9(7-12(18)14(11)21)8-13-15(22)20(16(23)19-13)10-4-2-1-3-5-10/h1-8,21H,(H,19,23)/b13-8+. The van der Waals surface area contributed by atoms with Crippen LogP contribution in [0.1, 0.15) is 5.56 Å². The van der Waals surface area contributed by atoms with Crippen LogP contribution in [-0.4, -0.2) is 17.0 Å². The number of nitrogens with one attached hydrogen (secondary N) is 1. The Kier molecular flexibility index (Phi) is 3.98. The Morgan fingerprint density at radius 1 is 1.04 bits per heavy atom. The highest BCUT2D eigenvalue weighted by Crippen LogP contribution is 2.33. The second-order valence-electron chi connectivity index (χ2n) is 4.80. The minimum atomic E-state index is -0.538. The van der Waals surface area contributed by atoms with E-state index in [1.807, 2.05) is 0 Å². The van der Waals surface area contributed by atoms with Gasteiger partial charge in [-0.05, 0) is 35.9 Å². The van der Waals surface area contributed by atoms with Crippen molar-refractivity contribution in [1.29, 1.82) is 0 Å². The van der Waals surface area contributed by atoms with Crippen molar-refractivity contribution in [3.8, 4) is 5.75 Å². The number of para-hydroxylation sites is 1. The van der Waals surface area contributed by atoms with Crippen molar-refractivity contribution in [2.45, 2.75) is 0 Å². The molecule has 3 rings (SSSR count). The maximum atomic E-state index is 12.4. The molecule has 0 aliphatic carbocycles. The molecule has 1 saturated heterocycles. The summed E-state index contributed by atoms with van der Waals surface area (Å²) in [5, 5.41) is 12.2. The molecule has 1 aliphatic rings. The van der Waals surface area contributed by atoms with Gasteiger partial charge in [0.15, 0.2) is 5.75 Å². The molecule has 2 aromatic carbocycles. The quantitative estimate of drug-likeness (QED) is 0.640. The van der Waals surface area contributed by atoms with Crippen LogP contribution in [-0.2, 0) is 4.79 Å². The van der Waals surface area contributed by atoms with Gasteiger partial charge in [0.1, 0.15) is 5.70 Å². The maximum absolute atomic E-state index is 12.4. The van der Waals surface area contributed by atoms with Gasteiger partial charge in [0, 0.05) is 0 Å². The van der Waals surface area contributed by atoms with Crippen LogP contribution in [0.15, 0.2) is 48.2 Å². The van der Waals surface area contributed by atoms with E-state index in [1.165, 1.54) is 18.2 Å². The Morgan fingerprint density at radius 2 is 1.65 bits per heavy atom. The SMILES string of the molecule is O=C1N/C(=C/c2cc(Cl)c(O)c(Cl)c2)C(=O)N1c1ccccc1. The second kappa shape index (κ2) is 5.95. The molecule has 1 heterocycles. The van der Waals surface area contributed by atoms with Crippen molar-refractivity contribution >= 4 is 46.9 Å². The van der Waals surface area contributed by atoms with E-state index in [0.29, 0.717) is 11.3 Å². The number of rotatable bonds is 2. The summed E-state index contributed by atoms with van der Waals surface area (Å²) in [5.74, 6) is -0.718. The van der Waals surface area contributed by atoms with Crippen LogP contribution in [0.3, 0.4) is 0 Å². The number of imide groups is 1. The zero-order valence-electron chi connectivity index (χ0n) is 11.6. The molecule has 3 amide bonds. The third-order valence-electron chi connectivity index (χ3n) is 3.24. The van der Waals surface area contributed by atoms with E-state index in [1.54, 1.807) is 30.3 Å². The monoisotopic (exact) mass is 348 g/mol. The van der Waals surface area contributed by atoms with Crippen LogP contribution in [0, 0.1) is 0 Å². The predicted octanol–water partition coefficient (Wildman–Crippen LogP) is 3.80. The van der Waals surface area contributed by atoms with Crippen molar-refractivity contribution in [2.24, 2.45) is 0 Å². The van der Waals surface area contributed by atoms with Crippen molar-refractivity contribution in [1.82, 2.24) is 5.32 Å². The largest absolute Gasteiger partial charge is 0.505 e. The van der Waals surface area contributed by atoms with Crippen LogP contribution in [0.4, 0.5) is 10.5 Å². The number of carbonyl (C=O) groups is 2. The molecule has 1 aliphatic heterocycles. The number of aromatic hydroxyl groups is 1. The van der Waals surface area contributed by atoms with Gasteiger partial charge in [-0.1, -0.05) is 41.4 Å². The van der Waals surface area contributed by atoms with E-state index < -0.39 is 11.9 Å². The average Bonchev–Trinajstić information content (AvgIpc) is 2.80. The first-order valence-corrected chi connectivity index (χ1v) is 7.33. The number of phenols is 1. The fourth-order valence-corrected chi connectivity index (χ4v) is 2.69. The van der Waals surface area contributed by atoms with Gasteiger partial charge in [-0.15, -0.1) is 0 Å². The lowest BCUT2D eigenvalue weighted by atomic mass is 10.1. The Morgan fingerprint density at radius 3 is 2.26 bits per heavy atom. The van der Waals surface area contributed by atoms with Crippen molar-refractivity contribution in [3.05, 3.63) is 63.8 Å². The maximum Gasteiger partial charge on any atom is 0.333 e. The molecule has 116 valence electrons. The molecule has 5 nitrogen and oxygen atoms in total. The normalized spacial score (nSPS) is 16.1. The Balaban J connectivity index is 1.96. The van der Waals surface area contributed by atoms with Crippen molar-refractivity contribution in [3.63, 3.8) is 0 Å². The molecule has 0 radical (unpaired) electrons. The van der Waals surface area contributed by atoms with E-state index >= 15 is 0 Å². The molecule has 0 aromatic heterocycles. The number of urea groups is 1. The summed E-state index contributed by atoms with van der Waals surface area (Å²) >= 11 is 11.7. The van der Waals surface area contributed by atoms with E-state index in [9.17, 15) is 14.7 Å². The molecule has 2 N–H and O–H groups in total. The van der Waals surface area contributed by atoms with E-state index in [2.05, 4.69) is 5.32 Å². The number of hydrogen-bond donors (Lipinski definition) is 2. The third-order valence-corrected chi connectivity index (χ3v) is 3.82. The molecule has 0 spiro atoms. The van der Waals surface area contributed by atoms with Crippen molar-refractivity contribution in [2.75, 3.05) is 4.90 Å². The van der Waals surface area contributed by atoms with E-state index in [-0.39, 0.29) is 21.5 Å². The van der Waals surface area contributed by atoms with Crippen LogP contribution in [0.5, 0.6) is 5.75 Å². The molecule has 2 aromatic rings. The third kappa shape index (κ3) is 2.88. The van der Waals surface area contributed by atoms with Gasteiger partial charge in [0.2, 0.25) is 0 Å². The van der Waals surface area contributed by atoms with E-state index in [0.717, 1.165) is 4.90 Å². The summed E-state index contributed by atoms with van der Waals surface area (Å²) < 4.78 is 0. The summed E-state index contributed by atoms with van der Waals surface area (Å²) in [7, 11) is 0. The molecular weight excluding hydrogens is 339 g/mol. The zero-order chi connectivity index (χ0) is 16.6. The lowest BCUT2D eigenvalue weighted by Crippen LogP contribution is -2.30. The predicted molar refractivity (Wildman–Crippen MR) is 88.6 cm³/mol. The lowest BCUT2D eigenvalue weighted by molar-refractivity contribution is -0.113. The first-order chi connectivity index (χ1) is 11.0. The Bertz CT molecular complexity index is 811. The summed E-state index contributed by atoms with van der Waals surface area (Å²) in [6.07, 6.45) is 1.44. The Hall–Kier alpha value is -2.50. The molecule has 7 heteroatoms. The molecule has 1 fully saturated rings. The Labute approximate surface area is 141 Å². The summed E-state index contributed by atoms with van der Waals surface area (Å²) in [6.45, 7) is 0. The summed E-state index contributed by atoms with van der Waals surface area (Å²) in [4.78, 5) is 25.5. The molecule has 23 heavy (non-hydrogen) atoms. The number of nitrogens with zero attached hydrogens (tertiary/aromatic N) is 1. The van der Waals surface area contributed by atoms with Gasteiger partial charge in [-0.2, -0.15) is 0 Å². The number of amides is 3. The number of benzene rings is 2. The first kappa shape index (κ1) is 15.4. The highest BCUT2D eigenvalue weighted by Gasteiger charge is 2.34. The van der Waals surface area contributed by atoms with E-state index in [4.69, 9.17) is 23.2 Å². The van der Waals surface area contributed by atoms with Gasteiger partial charge in [-0.25, -0.2) is 9.69 Å². The zero-order valence-corrected chi connectivity index (χ0v) is 13.1. The van der Waals surface area contributed by atoms with Crippen LogP contribution in [0.2, 0.25) is 10.0 Å². The van der Waals surface area contributed by atoms with Crippen LogP contribution in [0.25, 0.3) is 6.08 Å². The van der Waals surface area contributed by atoms with Gasteiger partial charge in [0.25, 0.3) is 5.91 Å². The lowest BCUT2D eigenvalue weighted by Gasteiger charge is -2.10. The van der Waals surface area contributed by atoms with Gasteiger partial charge in [0.05, 0.1) is 15.7 Å². The fraction of sp³-hybridized carbons (Fsp3) is 0. The molecule has 0 saturated carbocycles. The fourth-order valence-electron chi connectivity index (χ4n) is 2.18. The number of carbonyl (C=O) groups excluding carboxylic acids is 2. The first-order valence-electron chi connectivity index (χ1n) is 6.57. The minimum absolute atomic E-state index is 0.0565. The smallest absolute Gasteiger partial charge is 0.333 e. The minimum Gasteiger partial charge on any atom is -0.505 e. The molecule has 0 atom stereocenters. The van der Waals surface area contributed by atoms with Crippen molar-refractivity contribution < 1.29 is 14.7 Å². The van der Waals surface area contributed by atoms with Gasteiger partial charge in [-0.3, -0.25) is 4.79 Å². The van der Waals surface area contributed by atoms with Crippen LogP contribution >= 0.6 is 23.2 Å². The van der Waals surface area contributed by atoms with Crippen LogP contribution < -0.4 is 10.2 Å². The number of anilines is 1. The summed E-state index contributed by atoms with van der Waals surface area (Å²) in [6, 6.07) is 10.9. The highest BCUT2D eigenvalue weighted by atomic mass is 35.5. The molecular formula is C16H10Cl2N2O3. The topological polar surface area (TPSA) is 69.6 Å². The number of phenolic OH excluding ortho intramolecular Hbond substituents is 1. The number of hydrogen-bond acceptors (Lipinski definition) is 3. The molecule has 0 unspecified atom stereocenters. The summed E-state index contributed by atoms with van der Waals surface area (Å²) in [5.41, 5.74) is 1.05. The van der Waals surface area contributed by atoms with Gasteiger partial charge >= 0.3 is 6.03 Å². The van der Waals surface area contributed by atoms with Gasteiger partial charge < -0.3 is 10.4 Å². The second-order valence-corrected chi connectivity index (χ2v) is 5.61.